The molecule has 2 amide bonds. The number of rotatable bonds is 8. The summed E-state index contributed by atoms with van der Waals surface area (Å²) in [6, 6.07) is 3.52. The van der Waals surface area contributed by atoms with E-state index in [-0.39, 0.29) is 19.1 Å². The van der Waals surface area contributed by atoms with Gasteiger partial charge in [0.2, 0.25) is 5.91 Å². The predicted octanol–water partition coefficient (Wildman–Crippen LogP) is 1.67. The molecule has 0 saturated heterocycles. The van der Waals surface area contributed by atoms with Gasteiger partial charge in [-0.15, -0.1) is 0 Å². The third-order valence-electron chi connectivity index (χ3n) is 2.62. The van der Waals surface area contributed by atoms with E-state index in [9.17, 15) is 9.59 Å². The summed E-state index contributed by atoms with van der Waals surface area (Å²) in [6.07, 6.45) is 0. The Kier molecular flexibility index (Phi) is 8.22. The van der Waals surface area contributed by atoms with E-state index >= 15 is 0 Å². The predicted molar refractivity (Wildman–Crippen MR) is 87.3 cm³/mol. The second kappa shape index (κ2) is 9.66. The zero-order valence-electron chi connectivity index (χ0n) is 12.4. The molecule has 0 unspecified atom stereocenters. The summed E-state index contributed by atoms with van der Waals surface area (Å²) in [7, 11) is 1.54. The van der Waals surface area contributed by atoms with E-state index in [1.807, 2.05) is 13.0 Å². The number of carbonyl (C=O) groups excluding carboxylic acids is 2. The van der Waals surface area contributed by atoms with E-state index < -0.39 is 5.91 Å². The van der Waals surface area contributed by atoms with Crippen LogP contribution in [0.1, 0.15) is 5.56 Å². The number of benzene rings is 1. The fourth-order valence-corrected chi connectivity index (χ4v) is 2.62. The molecule has 122 valence electrons. The molecule has 0 aromatic heterocycles. The Morgan fingerprint density at radius 1 is 1.27 bits per heavy atom. The van der Waals surface area contributed by atoms with Gasteiger partial charge in [0.25, 0.3) is 5.91 Å². The molecule has 0 radical (unpaired) electrons. The molecular formula is C14H18BrClN2O4. The Balaban J connectivity index is 2.36. The highest BCUT2D eigenvalue weighted by molar-refractivity contribution is 9.10. The number of aryl methyl sites for hydroxylation is 1. The van der Waals surface area contributed by atoms with Crippen LogP contribution >= 0.6 is 27.5 Å². The van der Waals surface area contributed by atoms with Crippen LogP contribution in [0, 0.1) is 6.92 Å². The summed E-state index contributed by atoms with van der Waals surface area (Å²) in [4.78, 5) is 23.0. The highest BCUT2D eigenvalue weighted by Crippen LogP contribution is 2.31. The Morgan fingerprint density at radius 2 is 2.00 bits per heavy atom. The van der Waals surface area contributed by atoms with Crippen molar-refractivity contribution in [1.29, 1.82) is 0 Å². The zero-order valence-corrected chi connectivity index (χ0v) is 14.7. The van der Waals surface area contributed by atoms with Crippen LogP contribution in [0.25, 0.3) is 0 Å². The minimum Gasteiger partial charge on any atom is -0.482 e. The average Bonchev–Trinajstić information content (AvgIpc) is 2.44. The van der Waals surface area contributed by atoms with Gasteiger partial charge in [-0.1, -0.05) is 27.5 Å². The minimum absolute atomic E-state index is 0.112. The topological polar surface area (TPSA) is 76.7 Å². The maximum absolute atomic E-state index is 11.6. The minimum atomic E-state index is -0.403. The van der Waals surface area contributed by atoms with Crippen molar-refractivity contribution >= 4 is 39.3 Å². The van der Waals surface area contributed by atoms with Crippen LogP contribution in [0.15, 0.2) is 16.6 Å². The number of methoxy groups -OCH3 is 1. The number of carbonyl (C=O) groups is 2. The summed E-state index contributed by atoms with van der Waals surface area (Å²) in [6.45, 7) is 2.32. The number of nitrogens with one attached hydrogen (secondary N) is 2. The molecule has 1 aromatic rings. The van der Waals surface area contributed by atoms with Crippen molar-refractivity contribution in [3.63, 3.8) is 0 Å². The van der Waals surface area contributed by atoms with Crippen molar-refractivity contribution in [2.45, 2.75) is 6.92 Å². The Morgan fingerprint density at radius 3 is 2.64 bits per heavy atom. The first kappa shape index (κ1) is 18.7. The number of hydrogen-bond acceptors (Lipinski definition) is 4. The average molecular weight is 394 g/mol. The maximum Gasteiger partial charge on any atom is 0.258 e. The van der Waals surface area contributed by atoms with Crippen molar-refractivity contribution in [2.75, 3.05) is 33.4 Å². The van der Waals surface area contributed by atoms with Crippen molar-refractivity contribution in [3.05, 3.63) is 27.2 Å². The molecule has 0 atom stereocenters. The normalized spacial score (nSPS) is 10.2. The van der Waals surface area contributed by atoms with Crippen molar-refractivity contribution in [3.8, 4) is 5.75 Å². The van der Waals surface area contributed by atoms with Gasteiger partial charge in [-0.25, -0.2) is 0 Å². The molecular weight excluding hydrogens is 376 g/mol. The first-order valence-electron chi connectivity index (χ1n) is 6.54. The largest absolute Gasteiger partial charge is 0.482 e. The third-order valence-corrected chi connectivity index (χ3v) is 3.35. The molecule has 2 N–H and O–H groups in total. The lowest BCUT2D eigenvalue weighted by Gasteiger charge is -2.11. The lowest BCUT2D eigenvalue weighted by Crippen LogP contribution is -2.39. The van der Waals surface area contributed by atoms with Gasteiger partial charge in [-0.3, -0.25) is 9.59 Å². The van der Waals surface area contributed by atoms with Gasteiger partial charge in [0.05, 0.1) is 18.2 Å². The molecule has 22 heavy (non-hydrogen) atoms. The number of hydrogen-bond donors (Lipinski definition) is 2. The first-order chi connectivity index (χ1) is 10.4. The van der Waals surface area contributed by atoms with E-state index in [2.05, 4.69) is 26.6 Å². The summed E-state index contributed by atoms with van der Waals surface area (Å²) in [5.41, 5.74) is 0.810. The van der Waals surface area contributed by atoms with Crippen LogP contribution in [-0.4, -0.2) is 45.2 Å². The van der Waals surface area contributed by atoms with E-state index in [1.165, 1.54) is 0 Å². The van der Waals surface area contributed by atoms with Crippen LogP contribution in [0.3, 0.4) is 0 Å². The summed E-state index contributed by atoms with van der Waals surface area (Å²) < 4.78 is 11.0. The van der Waals surface area contributed by atoms with Crippen LogP contribution < -0.4 is 15.4 Å². The number of ether oxygens (including phenoxy) is 2. The third kappa shape index (κ3) is 6.64. The Hall–Kier alpha value is -1.31. The van der Waals surface area contributed by atoms with E-state index in [0.29, 0.717) is 23.9 Å². The van der Waals surface area contributed by atoms with Gasteiger partial charge in [0, 0.05) is 18.1 Å². The quantitative estimate of drug-likeness (QED) is 0.659. The monoisotopic (exact) mass is 392 g/mol. The Bertz CT molecular complexity index is 517. The maximum atomic E-state index is 11.6. The smallest absolute Gasteiger partial charge is 0.258 e. The van der Waals surface area contributed by atoms with E-state index in [1.54, 1.807) is 13.2 Å². The second-order valence-electron chi connectivity index (χ2n) is 4.44. The lowest BCUT2D eigenvalue weighted by atomic mass is 10.2. The fourth-order valence-electron chi connectivity index (χ4n) is 1.59. The molecule has 0 bridgehead atoms. The SMILES string of the molecule is COCCNC(=O)CNC(=O)COc1c(C)cc(Br)cc1Cl. The van der Waals surface area contributed by atoms with Crippen molar-refractivity contribution < 1.29 is 19.1 Å². The van der Waals surface area contributed by atoms with Gasteiger partial charge >= 0.3 is 0 Å². The lowest BCUT2D eigenvalue weighted by molar-refractivity contribution is -0.127. The summed E-state index contributed by atoms with van der Waals surface area (Å²) in [5, 5.41) is 5.47. The second-order valence-corrected chi connectivity index (χ2v) is 5.76. The van der Waals surface area contributed by atoms with E-state index in [0.717, 1.165) is 10.0 Å². The molecule has 0 aliphatic heterocycles. The number of amides is 2. The van der Waals surface area contributed by atoms with Crippen molar-refractivity contribution in [2.24, 2.45) is 0 Å². The van der Waals surface area contributed by atoms with Gasteiger partial charge in [-0.2, -0.15) is 0 Å². The van der Waals surface area contributed by atoms with Crippen molar-refractivity contribution in [1.82, 2.24) is 10.6 Å². The molecule has 0 fully saturated rings. The zero-order chi connectivity index (χ0) is 16.5. The molecule has 0 aliphatic rings. The first-order valence-corrected chi connectivity index (χ1v) is 7.72. The fraction of sp³-hybridized carbons (Fsp3) is 0.429. The molecule has 0 heterocycles. The number of halogens is 2. The Labute approximate surface area is 142 Å². The molecule has 0 aliphatic carbocycles. The van der Waals surface area contributed by atoms with Gasteiger partial charge < -0.3 is 20.1 Å². The molecule has 0 saturated carbocycles. The van der Waals surface area contributed by atoms with Gasteiger partial charge in [0.1, 0.15) is 5.75 Å². The molecule has 0 spiro atoms. The standard InChI is InChI=1S/C14H18BrClN2O4/c1-9-5-10(15)6-11(16)14(9)22-8-13(20)18-7-12(19)17-3-4-21-2/h5-6H,3-4,7-8H2,1-2H3,(H,17,19)(H,18,20). The van der Waals surface area contributed by atoms with Crippen LogP contribution in [0.2, 0.25) is 5.02 Å². The molecule has 8 heteroatoms. The van der Waals surface area contributed by atoms with E-state index in [4.69, 9.17) is 21.1 Å². The van der Waals surface area contributed by atoms with Crippen LogP contribution in [-0.2, 0) is 14.3 Å². The molecule has 1 aromatic carbocycles. The molecule has 1 rings (SSSR count). The highest BCUT2D eigenvalue weighted by Gasteiger charge is 2.10. The van der Waals surface area contributed by atoms with Crippen LogP contribution in [0.5, 0.6) is 5.75 Å². The van der Waals surface area contributed by atoms with Gasteiger partial charge in [0.15, 0.2) is 6.61 Å². The van der Waals surface area contributed by atoms with Gasteiger partial charge in [-0.05, 0) is 24.6 Å². The van der Waals surface area contributed by atoms with Crippen LogP contribution in [0.4, 0.5) is 0 Å². The highest BCUT2D eigenvalue weighted by atomic mass is 79.9. The summed E-state index contributed by atoms with van der Waals surface area (Å²) in [5.74, 6) is -0.243. The molecule has 6 nitrogen and oxygen atoms in total. The summed E-state index contributed by atoms with van der Waals surface area (Å²) >= 11 is 9.38.